The number of fused-ring (bicyclic) bond motifs is 1. The minimum atomic E-state index is -0.550. The van der Waals surface area contributed by atoms with Crippen molar-refractivity contribution < 1.29 is 4.79 Å². The number of anilines is 1. The van der Waals surface area contributed by atoms with Crippen LogP contribution in [0.3, 0.4) is 0 Å². The van der Waals surface area contributed by atoms with Gasteiger partial charge in [-0.05, 0) is 32.0 Å². The minimum Gasteiger partial charge on any atom is -0.325 e. The van der Waals surface area contributed by atoms with Crippen molar-refractivity contribution in [2.45, 2.75) is 25.8 Å². The van der Waals surface area contributed by atoms with Crippen LogP contribution in [0, 0.1) is 0 Å². The van der Waals surface area contributed by atoms with E-state index in [4.69, 9.17) is 17.3 Å². The van der Waals surface area contributed by atoms with Gasteiger partial charge in [-0.1, -0.05) is 17.7 Å². The summed E-state index contributed by atoms with van der Waals surface area (Å²) in [5.74, 6) is -0.151. The summed E-state index contributed by atoms with van der Waals surface area (Å²) in [6.45, 7) is 3.61. The molecule has 2 rings (SSSR count). The number of hydrogen-bond donors (Lipinski definition) is 2. The molecule has 0 saturated heterocycles. The van der Waals surface area contributed by atoms with Crippen LogP contribution in [-0.2, 0) is 4.79 Å². The van der Waals surface area contributed by atoms with Crippen molar-refractivity contribution in [2.75, 3.05) is 5.32 Å². The normalized spacial score (nSPS) is 11.6. The average Bonchev–Trinajstić information content (AvgIpc) is 2.25. The van der Waals surface area contributed by atoms with Crippen molar-refractivity contribution in [1.82, 2.24) is 4.98 Å². The lowest BCUT2D eigenvalue weighted by molar-refractivity contribution is -0.117. The van der Waals surface area contributed by atoms with E-state index in [0.29, 0.717) is 10.7 Å². The molecule has 1 aromatic carbocycles. The Kier molecular flexibility index (Phi) is 3.73. The molecule has 0 radical (unpaired) electrons. The fourth-order valence-electron chi connectivity index (χ4n) is 1.86. The van der Waals surface area contributed by atoms with Crippen LogP contribution in [0.1, 0.15) is 20.3 Å². The highest BCUT2D eigenvalue weighted by molar-refractivity contribution is 6.32. The van der Waals surface area contributed by atoms with Gasteiger partial charge in [0.25, 0.3) is 0 Å². The first-order valence-corrected chi connectivity index (χ1v) is 6.36. The third kappa shape index (κ3) is 3.66. The summed E-state index contributed by atoms with van der Waals surface area (Å²) in [6.07, 6.45) is 1.91. The molecule has 4 nitrogen and oxygen atoms in total. The monoisotopic (exact) mass is 277 g/mol. The summed E-state index contributed by atoms with van der Waals surface area (Å²) in [4.78, 5) is 16.2. The Morgan fingerprint density at radius 2 is 2.21 bits per heavy atom. The van der Waals surface area contributed by atoms with Gasteiger partial charge in [0.1, 0.15) is 0 Å². The number of aromatic nitrogens is 1. The van der Waals surface area contributed by atoms with Gasteiger partial charge in [-0.2, -0.15) is 0 Å². The number of benzene rings is 1. The molecule has 1 heterocycles. The number of carbonyl (C=O) groups excluding carboxylic acids is 1. The van der Waals surface area contributed by atoms with Crippen LogP contribution in [0.5, 0.6) is 0 Å². The summed E-state index contributed by atoms with van der Waals surface area (Å²) in [5, 5.41) is 4.26. The number of nitrogens with zero attached hydrogens (tertiary/aromatic N) is 1. The maximum Gasteiger partial charge on any atom is 0.226 e. The van der Waals surface area contributed by atoms with Crippen molar-refractivity contribution in [3.8, 4) is 0 Å². The number of pyridine rings is 1. The molecule has 5 heteroatoms. The number of nitrogens with one attached hydrogen (secondary N) is 1. The molecule has 2 aromatic rings. The van der Waals surface area contributed by atoms with Crippen LogP contribution < -0.4 is 11.1 Å². The smallest absolute Gasteiger partial charge is 0.226 e. The van der Waals surface area contributed by atoms with E-state index in [1.807, 2.05) is 18.2 Å². The summed E-state index contributed by atoms with van der Waals surface area (Å²) in [5.41, 5.74) is 6.61. The molecule has 0 spiro atoms. The van der Waals surface area contributed by atoms with Gasteiger partial charge in [0.15, 0.2) is 0 Å². The molecule has 100 valence electrons. The van der Waals surface area contributed by atoms with Crippen molar-refractivity contribution in [2.24, 2.45) is 5.73 Å². The van der Waals surface area contributed by atoms with Crippen LogP contribution >= 0.6 is 11.6 Å². The predicted molar refractivity (Wildman–Crippen MR) is 78.3 cm³/mol. The number of nitrogens with two attached hydrogens (primary N) is 1. The molecule has 1 aromatic heterocycles. The summed E-state index contributed by atoms with van der Waals surface area (Å²) in [7, 11) is 0. The van der Waals surface area contributed by atoms with Crippen LogP contribution in [0.2, 0.25) is 5.02 Å². The van der Waals surface area contributed by atoms with Crippen molar-refractivity contribution >= 4 is 34.1 Å². The van der Waals surface area contributed by atoms with E-state index in [0.717, 1.165) is 10.9 Å². The molecule has 3 N–H and O–H groups in total. The fourth-order valence-corrected chi connectivity index (χ4v) is 2.09. The van der Waals surface area contributed by atoms with Crippen LogP contribution in [0.25, 0.3) is 10.9 Å². The molecule has 0 atom stereocenters. The van der Waals surface area contributed by atoms with Gasteiger partial charge in [-0.15, -0.1) is 0 Å². The molecule has 0 aliphatic heterocycles. The number of halogens is 1. The molecule has 0 unspecified atom stereocenters. The number of carbonyl (C=O) groups is 1. The van der Waals surface area contributed by atoms with Gasteiger partial charge in [0.2, 0.25) is 5.91 Å². The first-order valence-electron chi connectivity index (χ1n) is 5.98. The standard InChI is InChI=1S/C14H16ClN3O/c1-14(2,16)8-12(19)18-11-7-10(15)6-9-4-3-5-17-13(9)11/h3-7H,8,16H2,1-2H3,(H,18,19). The van der Waals surface area contributed by atoms with Gasteiger partial charge in [-0.3, -0.25) is 9.78 Å². The Hall–Kier alpha value is -1.65. The summed E-state index contributed by atoms with van der Waals surface area (Å²) < 4.78 is 0. The lowest BCUT2D eigenvalue weighted by Crippen LogP contribution is -2.36. The molecule has 0 saturated carbocycles. The molecular formula is C14H16ClN3O. The zero-order chi connectivity index (χ0) is 14.0. The predicted octanol–water partition coefficient (Wildman–Crippen LogP) is 2.95. The Balaban J connectivity index is 2.32. The average molecular weight is 278 g/mol. The number of amides is 1. The lowest BCUT2D eigenvalue weighted by Gasteiger charge is -2.18. The molecule has 1 amide bonds. The van der Waals surface area contributed by atoms with Crippen LogP contribution in [0.4, 0.5) is 5.69 Å². The maximum absolute atomic E-state index is 11.9. The Morgan fingerprint density at radius 3 is 2.89 bits per heavy atom. The van der Waals surface area contributed by atoms with E-state index < -0.39 is 5.54 Å². The van der Waals surface area contributed by atoms with E-state index in [9.17, 15) is 4.79 Å². The highest BCUT2D eigenvalue weighted by Crippen LogP contribution is 2.26. The molecule has 0 fully saturated rings. The van der Waals surface area contributed by atoms with E-state index in [2.05, 4.69) is 10.3 Å². The first-order chi connectivity index (χ1) is 8.85. The highest BCUT2D eigenvalue weighted by atomic mass is 35.5. The van der Waals surface area contributed by atoms with E-state index >= 15 is 0 Å². The van der Waals surface area contributed by atoms with Crippen LogP contribution in [-0.4, -0.2) is 16.4 Å². The Morgan fingerprint density at radius 1 is 1.47 bits per heavy atom. The Labute approximate surface area is 117 Å². The van der Waals surface area contributed by atoms with Crippen molar-refractivity contribution in [3.63, 3.8) is 0 Å². The summed E-state index contributed by atoms with van der Waals surface area (Å²) in [6, 6.07) is 7.23. The van der Waals surface area contributed by atoms with Crippen molar-refractivity contribution in [1.29, 1.82) is 0 Å². The van der Waals surface area contributed by atoms with Gasteiger partial charge >= 0.3 is 0 Å². The van der Waals surface area contributed by atoms with E-state index in [-0.39, 0.29) is 12.3 Å². The van der Waals surface area contributed by atoms with Gasteiger partial charge in [0, 0.05) is 28.6 Å². The zero-order valence-corrected chi connectivity index (χ0v) is 11.7. The first kappa shape index (κ1) is 13.8. The highest BCUT2D eigenvalue weighted by Gasteiger charge is 2.17. The largest absolute Gasteiger partial charge is 0.325 e. The molecule has 0 aliphatic rings. The third-order valence-electron chi connectivity index (χ3n) is 2.56. The van der Waals surface area contributed by atoms with Gasteiger partial charge in [-0.25, -0.2) is 0 Å². The van der Waals surface area contributed by atoms with E-state index in [1.165, 1.54) is 0 Å². The second-order valence-corrected chi connectivity index (χ2v) is 5.68. The minimum absolute atomic E-state index is 0.151. The van der Waals surface area contributed by atoms with Crippen molar-refractivity contribution in [3.05, 3.63) is 35.5 Å². The second-order valence-electron chi connectivity index (χ2n) is 5.24. The number of hydrogen-bond acceptors (Lipinski definition) is 3. The molecular weight excluding hydrogens is 262 g/mol. The van der Waals surface area contributed by atoms with Gasteiger partial charge in [0.05, 0.1) is 11.2 Å². The van der Waals surface area contributed by atoms with E-state index in [1.54, 1.807) is 26.1 Å². The topological polar surface area (TPSA) is 68.0 Å². The summed E-state index contributed by atoms with van der Waals surface area (Å²) >= 11 is 6.04. The Bertz CT molecular complexity index is 620. The lowest BCUT2D eigenvalue weighted by atomic mass is 10.0. The molecule has 0 bridgehead atoms. The SMILES string of the molecule is CC(C)(N)CC(=O)Nc1cc(Cl)cc2cccnc12. The third-order valence-corrected chi connectivity index (χ3v) is 2.78. The van der Waals surface area contributed by atoms with Gasteiger partial charge < -0.3 is 11.1 Å². The molecule has 19 heavy (non-hydrogen) atoms. The fraction of sp³-hybridized carbons (Fsp3) is 0.286. The molecule has 0 aliphatic carbocycles. The van der Waals surface area contributed by atoms with Crippen LogP contribution in [0.15, 0.2) is 30.5 Å². The maximum atomic E-state index is 11.9. The zero-order valence-electron chi connectivity index (χ0n) is 10.9. The second kappa shape index (κ2) is 5.15. The quantitative estimate of drug-likeness (QED) is 0.906. The number of rotatable bonds is 3.